The van der Waals surface area contributed by atoms with E-state index in [2.05, 4.69) is 31.4 Å². The predicted molar refractivity (Wildman–Crippen MR) is 86.6 cm³/mol. The molecule has 1 aromatic carbocycles. The predicted octanol–water partition coefficient (Wildman–Crippen LogP) is 1.93. The standard InChI is InChI=1S/C16H18BrN3O3/c1-2-13-19-20-14(23-13)9-18-15(21)16(22)6-5-10-7-12(17)4-3-11(10)8-16/h3-4,7,22H,2,5-6,8-9H2,1H3,(H,18,21)/t16-/m0/s1. The number of hydrogen-bond acceptors (Lipinski definition) is 5. The number of halogens is 1. The van der Waals surface area contributed by atoms with Gasteiger partial charge in [0.25, 0.3) is 5.91 Å². The fraction of sp³-hybridized carbons (Fsp3) is 0.438. The van der Waals surface area contributed by atoms with Gasteiger partial charge < -0.3 is 14.8 Å². The summed E-state index contributed by atoms with van der Waals surface area (Å²) in [6.45, 7) is 2.04. The third-order valence-electron chi connectivity index (χ3n) is 4.09. The van der Waals surface area contributed by atoms with Gasteiger partial charge in [-0.2, -0.15) is 0 Å². The molecule has 0 saturated heterocycles. The van der Waals surface area contributed by atoms with Gasteiger partial charge in [-0.05, 0) is 36.1 Å². The molecule has 3 rings (SSSR count). The van der Waals surface area contributed by atoms with Crippen molar-refractivity contribution in [2.45, 2.75) is 44.8 Å². The largest absolute Gasteiger partial charge is 0.423 e. The van der Waals surface area contributed by atoms with Crippen LogP contribution in [0.1, 0.15) is 36.3 Å². The molecule has 0 bridgehead atoms. The molecule has 2 aromatic rings. The van der Waals surface area contributed by atoms with Crippen molar-refractivity contribution in [2.24, 2.45) is 0 Å². The topological polar surface area (TPSA) is 88.2 Å². The van der Waals surface area contributed by atoms with E-state index >= 15 is 0 Å². The molecule has 1 heterocycles. The number of amides is 1. The minimum absolute atomic E-state index is 0.126. The molecule has 0 radical (unpaired) electrons. The van der Waals surface area contributed by atoms with E-state index in [0.29, 0.717) is 37.5 Å². The van der Waals surface area contributed by atoms with Crippen molar-refractivity contribution in [3.05, 3.63) is 45.6 Å². The fourth-order valence-electron chi connectivity index (χ4n) is 2.76. The van der Waals surface area contributed by atoms with Gasteiger partial charge in [-0.25, -0.2) is 0 Å². The van der Waals surface area contributed by atoms with Crippen LogP contribution in [-0.2, 0) is 30.6 Å². The number of hydrogen-bond donors (Lipinski definition) is 2. The maximum atomic E-state index is 12.4. The molecule has 1 amide bonds. The Hall–Kier alpha value is -1.73. The Morgan fingerprint density at radius 2 is 2.17 bits per heavy atom. The Kier molecular flexibility index (Phi) is 4.50. The number of carbonyl (C=O) groups is 1. The average molecular weight is 380 g/mol. The van der Waals surface area contributed by atoms with Gasteiger partial charge in [0.2, 0.25) is 11.8 Å². The van der Waals surface area contributed by atoms with Crippen LogP contribution < -0.4 is 5.32 Å². The van der Waals surface area contributed by atoms with Gasteiger partial charge in [0.05, 0.1) is 6.54 Å². The zero-order chi connectivity index (χ0) is 16.4. The van der Waals surface area contributed by atoms with Gasteiger partial charge in [0.1, 0.15) is 5.60 Å². The van der Waals surface area contributed by atoms with Gasteiger partial charge in [0, 0.05) is 17.3 Å². The number of aromatic nitrogens is 2. The van der Waals surface area contributed by atoms with Crippen LogP contribution in [0.2, 0.25) is 0 Å². The third kappa shape index (κ3) is 3.45. The third-order valence-corrected chi connectivity index (χ3v) is 4.59. The quantitative estimate of drug-likeness (QED) is 0.846. The minimum Gasteiger partial charge on any atom is -0.423 e. The van der Waals surface area contributed by atoms with Crippen molar-refractivity contribution in [3.63, 3.8) is 0 Å². The van der Waals surface area contributed by atoms with E-state index in [0.717, 1.165) is 10.0 Å². The number of aryl methyl sites for hydroxylation is 2. The maximum absolute atomic E-state index is 12.4. The molecule has 1 atom stereocenters. The van der Waals surface area contributed by atoms with Crippen molar-refractivity contribution < 1.29 is 14.3 Å². The van der Waals surface area contributed by atoms with Crippen molar-refractivity contribution in [1.82, 2.24) is 15.5 Å². The molecule has 0 unspecified atom stereocenters. The number of benzene rings is 1. The smallest absolute Gasteiger partial charge is 0.252 e. The first kappa shape index (κ1) is 16.1. The van der Waals surface area contributed by atoms with Crippen molar-refractivity contribution in [2.75, 3.05) is 0 Å². The van der Waals surface area contributed by atoms with Crippen LogP contribution in [0.4, 0.5) is 0 Å². The summed E-state index contributed by atoms with van der Waals surface area (Å²) < 4.78 is 6.36. The van der Waals surface area contributed by atoms with Crippen molar-refractivity contribution in [1.29, 1.82) is 0 Å². The Morgan fingerprint density at radius 3 is 2.91 bits per heavy atom. The van der Waals surface area contributed by atoms with E-state index in [-0.39, 0.29) is 6.54 Å². The highest BCUT2D eigenvalue weighted by Crippen LogP contribution is 2.30. The van der Waals surface area contributed by atoms with Crippen LogP contribution in [-0.4, -0.2) is 26.8 Å². The SMILES string of the molecule is CCc1nnc(CNC(=O)[C@]2(O)CCc3cc(Br)ccc3C2)o1. The molecule has 1 aliphatic carbocycles. The maximum Gasteiger partial charge on any atom is 0.252 e. The van der Waals surface area contributed by atoms with Gasteiger partial charge in [-0.15, -0.1) is 10.2 Å². The van der Waals surface area contributed by atoms with E-state index < -0.39 is 11.5 Å². The highest BCUT2D eigenvalue weighted by atomic mass is 79.9. The Balaban J connectivity index is 1.66. The molecule has 7 heteroatoms. The number of nitrogens with one attached hydrogen (secondary N) is 1. The average Bonchev–Trinajstić information content (AvgIpc) is 3.01. The van der Waals surface area contributed by atoms with E-state index in [1.54, 1.807) is 0 Å². The second kappa shape index (κ2) is 6.41. The van der Waals surface area contributed by atoms with Crippen molar-refractivity contribution in [3.8, 4) is 0 Å². The second-order valence-electron chi connectivity index (χ2n) is 5.75. The van der Waals surface area contributed by atoms with Crippen LogP contribution in [0.25, 0.3) is 0 Å². The van der Waals surface area contributed by atoms with Crippen LogP contribution in [0.5, 0.6) is 0 Å². The van der Waals surface area contributed by atoms with E-state index in [9.17, 15) is 9.90 Å². The molecule has 0 fully saturated rings. The normalized spacial score (nSPS) is 20.1. The summed E-state index contributed by atoms with van der Waals surface area (Å²) in [6.07, 6.45) is 2.02. The minimum atomic E-state index is -1.39. The molecule has 122 valence electrons. The van der Waals surface area contributed by atoms with E-state index in [4.69, 9.17) is 4.42 Å². The molecule has 1 aromatic heterocycles. The molecule has 23 heavy (non-hydrogen) atoms. The summed E-state index contributed by atoms with van der Waals surface area (Å²) >= 11 is 3.44. The number of aliphatic hydroxyl groups is 1. The summed E-state index contributed by atoms with van der Waals surface area (Å²) in [5, 5.41) is 21.1. The highest BCUT2D eigenvalue weighted by Gasteiger charge is 2.39. The van der Waals surface area contributed by atoms with Crippen LogP contribution in [0, 0.1) is 0 Å². The lowest BCUT2D eigenvalue weighted by molar-refractivity contribution is -0.141. The molecular weight excluding hydrogens is 362 g/mol. The van der Waals surface area contributed by atoms with Gasteiger partial charge >= 0.3 is 0 Å². The van der Waals surface area contributed by atoms with Gasteiger partial charge in [-0.1, -0.05) is 28.9 Å². The zero-order valence-corrected chi connectivity index (χ0v) is 14.4. The van der Waals surface area contributed by atoms with Crippen LogP contribution in [0.3, 0.4) is 0 Å². The van der Waals surface area contributed by atoms with Crippen LogP contribution >= 0.6 is 15.9 Å². The van der Waals surface area contributed by atoms with Crippen molar-refractivity contribution >= 4 is 21.8 Å². The van der Waals surface area contributed by atoms with Gasteiger partial charge in [-0.3, -0.25) is 4.79 Å². The summed E-state index contributed by atoms with van der Waals surface area (Å²) in [4.78, 5) is 12.4. The Morgan fingerprint density at radius 1 is 1.39 bits per heavy atom. The first-order valence-electron chi connectivity index (χ1n) is 7.59. The van der Waals surface area contributed by atoms with E-state index in [1.165, 1.54) is 5.56 Å². The lowest BCUT2D eigenvalue weighted by atomic mass is 9.80. The monoisotopic (exact) mass is 379 g/mol. The molecule has 1 aliphatic rings. The lowest BCUT2D eigenvalue weighted by Gasteiger charge is -2.32. The molecule has 0 aliphatic heterocycles. The number of fused-ring (bicyclic) bond motifs is 1. The Bertz CT molecular complexity index is 731. The highest BCUT2D eigenvalue weighted by molar-refractivity contribution is 9.10. The summed E-state index contributed by atoms with van der Waals surface area (Å²) in [6, 6.07) is 5.91. The first-order chi connectivity index (χ1) is 11.0. The number of rotatable bonds is 4. The number of carbonyl (C=O) groups excluding carboxylic acids is 1. The molecule has 2 N–H and O–H groups in total. The lowest BCUT2D eigenvalue weighted by Crippen LogP contribution is -2.50. The summed E-state index contributed by atoms with van der Waals surface area (Å²) in [5.41, 5.74) is 0.776. The summed E-state index contributed by atoms with van der Waals surface area (Å²) in [5.74, 6) is 0.478. The zero-order valence-electron chi connectivity index (χ0n) is 12.8. The first-order valence-corrected chi connectivity index (χ1v) is 8.39. The summed E-state index contributed by atoms with van der Waals surface area (Å²) in [7, 11) is 0. The second-order valence-corrected chi connectivity index (χ2v) is 6.66. The van der Waals surface area contributed by atoms with E-state index in [1.807, 2.05) is 25.1 Å². The van der Waals surface area contributed by atoms with Gasteiger partial charge in [0.15, 0.2) is 0 Å². The molecule has 0 spiro atoms. The molecular formula is C16H18BrN3O3. The molecule has 6 nitrogen and oxygen atoms in total. The number of nitrogens with zero attached hydrogens (tertiary/aromatic N) is 2. The molecule has 0 saturated carbocycles. The van der Waals surface area contributed by atoms with Crippen LogP contribution in [0.15, 0.2) is 27.1 Å². The fourth-order valence-corrected chi connectivity index (χ4v) is 3.17. The Labute approximate surface area is 142 Å².